The van der Waals surface area contributed by atoms with Crippen molar-refractivity contribution in [2.45, 2.75) is 45.6 Å². The molecule has 2 aromatic carbocycles. The van der Waals surface area contributed by atoms with Crippen molar-refractivity contribution in [3.05, 3.63) is 71.3 Å². The van der Waals surface area contributed by atoms with E-state index in [0.29, 0.717) is 12.3 Å². The molecule has 1 heterocycles. The van der Waals surface area contributed by atoms with Crippen molar-refractivity contribution < 1.29 is 4.79 Å². The van der Waals surface area contributed by atoms with Crippen LogP contribution in [-0.2, 0) is 17.6 Å². The van der Waals surface area contributed by atoms with Crippen LogP contribution in [0.15, 0.2) is 54.6 Å². The number of rotatable bonds is 8. The summed E-state index contributed by atoms with van der Waals surface area (Å²) >= 11 is 0. The first-order chi connectivity index (χ1) is 13.5. The number of nitrogens with zero attached hydrogens (tertiary/aromatic N) is 2. The van der Waals surface area contributed by atoms with Crippen LogP contribution in [-0.4, -0.2) is 42.4 Å². The lowest BCUT2D eigenvalue weighted by Gasteiger charge is -2.32. The van der Waals surface area contributed by atoms with E-state index in [9.17, 15) is 4.79 Å². The molecule has 0 N–H and O–H groups in total. The highest BCUT2D eigenvalue weighted by Gasteiger charge is 2.25. The molecule has 1 aliphatic rings. The standard InChI is InChI=1S/C25H34N2O/c1-20(2)17-21-11-13-22(14-12-21)18-25(28)26(3)24(19-27-15-7-8-16-27)23-9-5-4-6-10-23/h4-6,9-14,20,24H,7-8,15-19H2,1-3H3. The van der Waals surface area contributed by atoms with Gasteiger partial charge in [-0.2, -0.15) is 0 Å². The minimum absolute atomic E-state index is 0.104. The monoisotopic (exact) mass is 378 g/mol. The Kier molecular flexibility index (Phi) is 7.27. The molecule has 1 fully saturated rings. The maximum absolute atomic E-state index is 13.1. The molecule has 1 saturated heterocycles. The van der Waals surface area contributed by atoms with Crippen LogP contribution in [0.5, 0.6) is 0 Å². The summed E-state index contributed by atoms with van der Waals surface area (Å²) in [6, 6.07) is 19.1. The highest BCUT2D eigenvalue weighted by molar-refractivity contribution is 5.79. The fourth-order valence-corrected chi connectivity index (χ4v) is 4.07. The van der Waals surface area contributed by atoms with Gasteiger partial charge in [0.2, 0.25) is 5.91 Å². The van der Waals surface area contributed by atoms with Crippen molar-refractivity contribution in [3.8, 4) is 0 Å². The summed E-state index contributed by atoms with van der Waals surface area (Å²) < 4.78 is 0. The van der Waals surface area contributed by atoms with Crippen molar-refractivity contribution in [2.75, 3.05) is 26.7 Å². The lowest BCUT2D eigenvalue weighted by atomic mass is 10.0. The summed E-state index contributed by atoms with van der Waals surface area (Å²) in [7, 11) is 1.96. The van der Waals surface area contributed by atoms with Gasteiger partial charge in [-0.3, -0.25) is 4.79 Å². The Morgan fingerprint density at radius 1 is 0.964 bits per heavy atom. The Bertz CT molecular complexity index is 733. The largest absolute Gasteiger partial charge is 0.337 e. The first-order valence-electron chi connectivity index (χ1n) is 10.6. The van der Waals surface area contributed by atoms with Crippen molar-refractivity contribution in [2.24, 2.45) is 5.92 Å². The molecular formula is C25H34N2O. The molecule has 0 saturated carbocycles. The van der Waals surface area contributed by atoms with Crippen molar-refractivity contribution in [1.29, 1.82) is 0 Å². The van der Waals surface area contributed by atoms with E-state index in [-0.39, 0.29) is 11.9 Å². The Hall–Kier alpha value is -2.13. The molecular weight excluding hydrogens is 344 g/mol. The normalized spacial score (nSPS) is 15.7. The van der Waals surface area contributed by atoms with E-state index in [0.717, 1.165) is 31.6 Å². The Balaban J connectivity index is 1.68. The van der Waals surface area contributed by atoms with Crippen molar-refractivity contribution >= 4 is 5.91 Å². The maximum atomic E-state index is 13.1. The average Bonchev–Trinajstić information content (AvgIpc) is 3.20. The topological polar surface area (TPSA) is 23.6 Å². The summed E-state index contributed by atoms with van der Waals surface area (Å²) in [5.74, 6) is 0.834. The molecule has 0 spiro atoms. The van der Waals surface area contributed by atoms with E-state index < -0.39 is 0 Å². The van der Waals surface area contributed by atoms with Gasteiger partial charge in [0.1, 0.15) is 0 Å². The SMILES string of the molecule is CC(C)Cc1ccc(CC(=O)N(C)C(CN2CCCC2)c2ccccc2)cc1. The van der Waals surface area contributed by atoms with E-state index in [1.54, 1.807) is 0 Å². The van der Waals surface area contributed by atoms with E-state index >= 15 is 0 Å². The van der Waals surface area contributed by atoms with Crippen LogP contribution in [0.1, 0.15) is 49.4 Å². The van der Waals surface area contributed by atoms with Crippen LogP contribution >= 0.6 is 0 Å². The lowest BCUT2D eigenvalue weighted by Crippen LogP contribution is -2.39. The molecule has 3 nitrogen and oxygen atoms in total. The minimum Gasteiger partial charge on any atom is -0.337 e. The number of hydrogen-bond acceptors (Lipinski definition) is 2. The van der Waals surface area contributed by atoms with Crippen molar-refractivity contribution in [1.82, 2.24) is 9.80 Å². The van der Waals surface area contributed by atoms with Gasteiger partial charge in [0.15, 0.2) is 0 Å². The van der Waals surface area contributed by atoms with Crippen LogP contribution < -0.4 is 0 Å². The van der Waals surface area contributed by atoms with Crippen LogP contribution in [0.25, 0.3) is 0 Å². The van der Waals surface area contributed by atoms with E-state index in [2.05, 4.69) is 67.3 Å². The third kappa shape index (κ3) is 5.68. The minimum atomic E-state index is 0.104. The molecule has 3 heteroatoms. The zero-order chi connectivity index (χ0) is 19.9. The third-order valence-corrected chi connectivity index (χ3v) is 5.70. The smallest absolute Gasteiger partial charge is 0.227 e. The molecule has 3 rings (SSSR count). The second kappa shape index (κ2) is 9.88. The summed E-state index contributed by atoms with van der Waals surface area (Å²) in [6.45, 7) is 7.66. The van der Waals surface area contributed by atoms with E-state index in [1.807, 2.05) is 18.0 Å². The van der Waals surface area contributed by atoms with Gasteiger partial charge in [-0.15, -0.1) is 0 Å². The molecule has 28 heavy (non-hydrogen) atoms. The van der Waals surface area contributed by atoms with Gasteiger partial charge in [0.25, 0.3) is 0 Å². The van der Waals surface area contributed by atoms with Crippen LogP contribution in [0.4, 0.5) is 0 Å². The van der Waals surface area contributed by atoms with Gasteiger partial charge in [-0.05, 0) is 55.0 Å². The predicted octanol–water partition coefficient (Wildman–Crippen LogP) is 4.72. The number of likely N-dealkylation sites (N-methyl/N-ethyl adjacent to an activating group) is 1. The van der Waals surface area contributed by atoms with Crippen LogP contribution in [0, 0.1) is 5.92 Å². The van der Waals surface area contributed by atoms with Gasteiger partial charge in [0, 0.05) is 13.6 Å². The number of hydrogen-bond donors (Lipinski definition) is 0. The number of carbonyl (C=O) groups is 1. The van der Waals surface area contributed by atoms with Gasteiger partial charge >= 0.3 is 0 Å². The van der Waals surface area contributed by atoms with Gasteiger partial charge in [0.05, 0.1) is 12.5 Å². The Morgan fingerprint density at radius 3 is 2.18 bits per heavy atom. The second-order valence-electron chi connectivity index (χ2n) is 8.53. The molecule has 0 radical (unpaired) electrons. The molecule has 1 amide bonds. The molecule has 0 bridgehead atoms. The lowest BCUT2D eigenvalue weighted by molar-refractivity contribution is -0.131. The summed E-state index contributed by atoms with van der Waals surface area (Å²) in [5, 5.41) is 0. The molecule has 150 valence electrons. The second-order valence-corrected chi connectivity index (χ2v) is 8.53. The van der Waals surface area contributed by atoms with Crippen LogP contribution in [0.2, 0.25) is 0 Å². The Labute approximate surface area is 170 Å². The molecule has 1 aliphatic heterocycles. The number of benzene rings is 2. The summed E-state index contributed by atoms with van der Waals surface area (Å²) in [4.78, 5) is 17.5. The van der Waals surface area contributed by atoms with Gasteiger partial charge in [-0.25, -0.2) is 0 Å². The molecule has 1 atom stereocenters. The zero-order valence-corrected chi connectivity index (χ0v) is 17.6. The summed E-state index contributed by atoms with van der Waals surface area (Å²) in [5.41, 5.74) is 3.66. The summed E-state index contributed by atoms with van der Waals surface area (Å²) in [6.07, 6.45) is 4.08. The zero-order valence-electron chi connectivity index (χ0n) is 17.6. The molecule has 0 aromatic heterocycles. The number of amides is 1. The Morgan fingerprint density at radius 2 is 1.57 bits per heavy atom. The highest BCUT2D eigenvalue weighted by Crippen LogP contribution is 2.24. The van der Waals surface area contributed by atoms with Gasteiger partial charge < -0.3 is 9.80 Å². The molecule has 1 unspecified atom stereocenters. The van der Waals surface area contributed by atoms with E-state index in [4.69, 9.17) is 0 Å². The van der Waals surface area contributed by atoms with Crippen LogP contribution in [0.3, 0.4) is 0 Å². The maximum Gasteiger partial charge on any atom is 0.227 e. The average molecular weight is 379 g/mol. The number of likely N-dealkylation sites (tertiary alicyclic amines) is 1. The van der Waals surface area contributed by atoms with Crippen molar-refractivity contribution in [3.63, 3.8) is 0 Å². The first kappa shape index (κ1) is 20.6. The molecule has 0 aliphatic carbocycles. The highest BCUT2D eigenvalue weighted by atomic mass is 16.2. The third-order valence-electron chi connectivity index (χ3n) is 5.70. The van der Waals surface area contributed by atoms with E-state index in [1.165, 1.54) is 24.0 Å². The first-order valence-corrected chi connectivity index (χ1v) is 10.6. The molecule has 2 aromatic rings. The fraction of sp³-hybridized carbons (Fsp3) is 0.480. The quantitative estimate of drug-likeness (QED) is 0.663. The fourth-order valence-electron chi connectivity index (χ4n) is 4.07. The predicted molar refractivity (Wildman–Crippen MR) is 116 cm³/mol. The number of carbonyl (C=O) groups excluding carboxylic acids is 1. The van der Waals surface area contributed by atoms with Gasteiger partial charge in [-0.1, -0.05) is 68.4 Å².